The molecule has 0 bridgehead atoms. The first-order chi connectivity index (χ1) is 7.36. The van der Waals surface area contributed by atoms with Crippen LogP contribution in [0.25, 0.3) is 0 Å². The van der Waals surface area contributed by atoms with Crippen LogP contribution in [-0.2, 0) is 4.79 Å². The van der Waals surface area contributed by atoms with Gasteiger partial charge in [0.2, 0.25) is 5.91 Å². The summed E-state index contributed by atoms with van der Waals surface area (Å²) in [7, 11) is 0. The number of likely N-dealkylation sites (tertiary alicyclic amines) is 1. The SMILES string of the molecule is O=C(CNc1cccnn1)N1CCCC1. The van der Waals surface area contributed by atoms with Gasteiger partial charge >= 0.3 is 0 Å². The molecular weight excluding hydrogens is 192 g/mol. The molecule has 2 heterocycles. The monoisotopic (exact) mass is 206 g/mol. The van der Waals surface area contributed by atoms with Gasteiger partial charge in [-0.25, -0.2) is 0 Å². The van der Waals surface area contributed by atoms with Crippen LogP contribution in [0.15, 0.2) is 18.3 Å². The molecule has 0 spiro atoms. The van der Waals surface area contributed by atoms with Crippen LogP contribution in [0, 0.1) is 0 Å². The highest BCUT2D eigenvalue weighted by molar-refractivity contribution is 5.80. The van der Waals surface area contributed by atoms with Gasteiger partial charge in [0, 0.05) is 19.3 Å². The summed E-state index contributed by atoms with van der Waals surface area (Å²) >= 11 is 0. The number of hydrogen-bond donors (Lipinski definition) is 1. The number of carbonyl (C=O) groups is 1. The summed E-state index contributed by atoms with van der Waals surface area (Å²) < 4.78 is 0. The van der Waals surface area contributed by atoms with E-state index in [1.54, 1.807) is 18.3 Å². The van der Waals surface area contributed by atoms with E-state index in [2.05, 4.69) is 15.5 Å². The standard InChI is InChI=1S/C10H14N4O/c15-10(14-6-1-2-7-14)8-11-9-4-3-5-12-13-9/h3-5H,1-2,6-8H2,(H,11,13). The first-order valence-corrected chi connectivity index (χ1v) is 5.15. The van der Waals surface area contributed by atoms with E-state index >= 15 is 0 Å². The van der Waals surface area contributed by atoms with Crippen LogP contribution in [0.1, 0.15) is 12.8 Å². The van der Waals surface area contributed by atoms with Crippen molar-refractivity contribution in [3.63, 3.8) is 0 Å². The van der Waals surface area contributed by atoms with Crippen LogP contribution >= 0.6 is 0 Å². The van der Waals surface area contributed by atoms with Crippen molar-refractivity contribution in [1.82, 2.24) is 15.1 Å². The minimum absolute atomic E-state index is 0.137. The Kier molecular flexibility index (Phi) is 3.11. The molecule has 80 valence electrons. The average Bonchev–Trinajstić information content (AvgIpc) is 2.81. The van der Waals surface area contributed by atoms with Gasteiger partial charge in [0.1, 0.15) is 5.82 Å². The Balaban J connectivity index is 1.80. The second-order valence-corrected chi connectivity index (χ2v) is 3.55. The second kappa shape index (κ2) is 4.72. The average molecular weight is 206 g/mol. The molecule has 0 radical (unpaired) electrons. The number of nitrogens with one attached hydrogen (secondary N) is 1. The zero-order valence-electron chi connectivity index (χ0n) is 8.52. The molecule has 0 aliphatic carbocycles. The molecule has 1 aliphatic rings. The predicted octanol–water partition coefficient (Wildman–Crippen LogP) is 0.511. The van der Waals surface area contributed by atoms with Crippen molar-refractivity contribution in [3.05, 3.63) is 18.3 Å². The van der Waals surface area contributed by atoms with Crippen molar-refractivity contribution in [2.45, 2.75) is 12.8 Å². The Bertz CT molecular complexity index is 321. The fourth-order valence-electron chi connectivity index (χ4n) is 1.64. The van der Waals surface area contributed by atoms with Gasteiger partial charge in [-0.15, -0.1) is 5.10 Å². The summed E-state index contributed by atoms with van der Waals surface area (Å²) in [5, 5.41) is 10.5. The minimum atomic E-state index is 0.137. The maximum Gasteiger partial charge on any atom is 0.241 e. The summed E-state index contributed by atoms with van der Waals surface area (Å²) in [6.07, 6.45) is 3.85. The van der Waals surface area contributed by atoms with E-state index in [0.717, 1.165) is 25.9 Å². The molecule has 5 heteroatoms. The molecule has 1 saturated heterocycles. The number of hydrogen-bond acceptors (Lipinski definition) is 4. The van der Waals surface area contributed by atoms with Gasteiger partial charge < -0.3 is 10.2 Å². The normalized spacial score (nSPS) is 15.3. The number of rotatable bonds is 3. The number of aromatic nitrogens is 2. The van der Waals surface area contributed by atoms with Crippen molar-refractivity contribution >= 4 is 11.7 Å². The zero-order valence-corrected chi connectivity index (χ0v) is 8.52. The van der Waals surface area contributed by atoms with Crippen molar-refractivity contribution in [2.75, 3.05) is 25.0 Å². The van der Waals surface area contributed by atoms with Crippen LogP contribution in [0.5, 0.6) is 0 Å². The Hall–Kier alpha value is -1.65. The molecule has 1 amide bonds. The Labute approximate surface area is 88.5 Å². The first-order valence-electron chi connectivity index (χ1n) is 5.15. The topological polar surface area (TPSA) is 58.1 Å². The largest absolute Gasteiger partial charge is 0.360 e. The van der Waals surface area contributed by atoms with Crippen molar-refractivity contribution in [2.24, 2.45) is 0 Å². The lowest BCUT2D eigenvalue weighted by molar-refractivity contribution is -0.128. The summed E-state index contributed by atoms with van der Waals surface area (Å²) in [4.78, 5) is 13.5. The lowest BCUT2D eigenvalue weighted by Gasteiger charge is -2.15. The molecule has 2 rings (SSSR count). The number of anilines is 1. The molecule has 1 fully saturated rings. The molecule has 5 nitrogen and oxygen atoms in total. The van der Waals surface area contributed by atoms with Crippen LogP contribution in [0.4, 0.5) is 5.82 Å². The van der Waals surface area contributed by atoms with Gasteiger partial charge in [0.05, 0.1) is 6.54 Å². The van der Waals surface area contributed by atoms with E-state index in [0.29, 0.717) is 12.4 Å². The summed E-state index contributed by atoms with van der Waals surface area (Å²) in [6, 6.07) is 3.58. The van der Waals surface area contributed by atoms with Crippen LogP contribution in [-0.4, -0.2) is 40.6 Å². The summed E-state index contributed by atoms with van der Waals surface area (Å²) in [5.41, 5.74) is 0. The summed E-state index contributed by atoms with van der Waals surface area (Å²) in [5.74, 6) is 0.781. The van der Waals surface area contributed by atoms with Gasteiger partial charge in [0.25, 0.3) is 0 Å². The van der Waals surface area contributed by atoms with Gasteiger partial charge in [-0.1, -0.05) is 0 Å². The fourth-order valence-corrected chi connectivity index (χ4v) is 1.64. The molecule has 0 atom stereocenters. The van der Waals surface area contributed by atoms with Crippen LogP contribution in [0.2, 0.25) is 0 Å². The maximum absolute atomic E-state index is 11.6. The fraction of sp³-hybridized carbons (Fsp3) is 0.500. The molecular formula is C10H14N4O. The van der Waals surface area contributed by atoms with Crippen molar-refractivity contribution in [1.29, 1.82) is 0 Å². The lowest BCUT2D eigenvalue weighted by Crippen LogP contribution is -2.33. The molecule has 15 heavy (non-hydrogen) atoms. The van der Waals surface area contributed by atoms with Gasteiger partial charge in [0.15, 0.2) is 0 Å². The van der Waals surface area contributed by atoms with Crippen LogP contribution < -0.4 is 5.32 Å². The Morgan fingerprint density at radius 1 is 1.47 bits per heavy atom. The Morgan fingerprint density at radius 2 is 2.27 bits per heavy atom. The number of nitrogens with zero attached hydrogens (tertiary/aromatic N) is 3. The third kappa shape index (κ3) is 2.65. The minimum Gasteiger partial charge on any atom is -0.360 e. The smallest absolute Gasteiger partial charge is 0.241 e. The quantitative estimate of drug-likeness (QED) is 0.783. The van der Waals surface area contributed by atoms with Crippen LogP contribution in [0.3, 0.4) is 0 Å². The molecule has 1 aliphatic heterocycles. The Morgan fingerprint density at radius 3 is 2.93 bits per heavy atom. The van der Waals surface area contributed by atoms with Crippen molar-refractivity contribution < 1.29 is 4.79 Å². The second-order valence-electron chi connectivity index (χ2n) is 3.55. The number of carbonyl (C=O) groups excluding carboxylic acids is 1. The highest BCUT2D eigenvalue weighted by atomic mass is 16.2. The van der Waals surface area contributed by atoms with E-state index in [1.165, 1.54) is 0 Å². The third-order valence-electron chi connectivity index (χ3n) is 2.45. The first kappa shape index (κ1) is 9.89. The zero-order chi connectivity index (χ0) is 10.5. The van der Waals surface area contributed by atoms with Gasteiger partial charge in [-0.05, 0) is 25.0 Å². The molecule has 0 unspecified atom stereocenters. The van der Waals surface area contributed by atoms with E-state index in [9.17, 15) is 4.79 Å². The van der Waals surface area contributed by atoms with E-state index in [4.69, 9.17) is 0 Å². The van der Waals surface area contributed by atoms with Gasteiger partial charge in [-0.2, -0.15) is 5.10 Å². The molecule has 1 N–H and O–H groups in total. The molecule has 0 aromatic carbocycles. The summed E-state index contributed by atoms with van der Waals surface area (Å²) in [6.45, 7) is 2.08. The van der Waals surface area contributed by atoms with Crippen molar-refractivity contribution in [3.8, 4) is 0 Å². The molecule has 0 saturated carbocycles. The highest BCUT2D eigenvalue weighted by Crippen LogP contribution is 2.07. The number of amides is 1. The highest BCUT2D eigenvalue weighted by Gasteiger charge is 2.17. The van der Waals surface area contributed by atoms with E-state index in [-0.39, 0.29) is 5.91 Å². The molecule has 1 aromatic rings. The third-order valence-corrected chi connectivity index (χ3v) is 2.45. The van der Waals surface area contributed by atoms with E-state index < -0.39 is 0 Å². The maximum atomic E-state index is 11.6. The lowest BCUT2D eigenvalue weighted by atomic mass is 10.4. The van der Waals surface area contributed by atoms with Gasteiger partial charge in [-0.3, -0.25) is 4.79 Å². The van der Waals surface area contributed by atoms with E-state index in [1.807, 2.05) is 4.90 Å². The predicted molar refractivity (Wildman–Crippen MR) is 56.3 cm³/mol. The molecule has 1 aromatic heterocycles.